The molecule has 0 bridgehead atoms. The van der Waals surface area contributed by atoms with Crippen LogP contribution < -0.4 is 10.9 Å². The van der Waals surface area contributed by atoms with Gasteiger partial charge in [0, 0.05) is 13.1 Å². The minimum absolute atomic E-state index is 0.246. The van der Waals surface area contributed by atoms with Crippen LogP contribution in [0.1, 0.15) is 26.3 Å². The number of hydrogen-bond donors (Lipinski definition) is 2. The molecule has 0 aliphatic carbocycles. The lowest BCUT2D eigenvalue weighted by Gasteiger charge is -2.20. The number of H-pyrrole nitrogens is 1. The number of ether oxygens (including phenoxy) is 1. The second-order valence-electron chi connectivity index (χ2n) is 7.92. The van der Waals surface area contributed by atoms with E-state index in [2.05, 4.69) is 25.4 Å². The lowest BCUT2D eigenvalue weighted by Crippen LogP contribution is -2.34. The van der Waals surface area contributed by atoms with Crippen molar-refractivity contribution >= 4 is 28.5 Å². The Morgan fingerprint density at radius 3 is 2.81 bits per heavy atom. The smallest absolute Gasteiger partial charge is 0.407 e. The molecule has 0 spiro atoms. The van der Waals surface area contributed by atoms with E-state index in [9.17, 15) is 9.59 Å². The van der Waals surface area contributed by atoms with Gasteiger partial charge in [-0.05, 0) is 44.7 Å². The average Bonchev–Trinajstić information content (AvgIpc) is 3.39. The van der Waals surface area contributed by atoms with Crippen molar-refractivity contribution in [2.75, 3.05) is 6.54 Å². The molecular formula is C20H22N6O4S. The third-order valence-electron chi connectivity index (χ3n) is 4.51. The number of hydrogen-bond acceptors (Lipinski definition) is 8. The molecule has 4 aromatic rings. The average molecular weight is 443 g/mol. The number of aryl methyl sites for hydroxylation is 1. The van der Waals surface area contributed by atoms with Gasteiger partial charge in [-0.15, -0.1) is 11.3 Å². The number of aromatic amines is 1. The van der Waals surface area contributed by atoms with E-state index in [1.54, 1.807) is 20.8 Å². The number of carbonyl (C=O) groups excluding carboxylic acids is 1. The zero-order chi connectivity index (χ0) is 22.2. The summed E-state index contributed by atoms with van der Waals surface area (Å²) in [5, 5.41) is 8.71. The third-order valence-corrected chi connectivity index (χ3v) is 5.53. The topological polar surface area (TPSA) is 128 Å². The Hall–Kier alpha value is -3.47. The fraction of sp³-hybridized carbons (Fsp3) is 0.350. The van der Waals surface area contributed by atoms with Gasteiger partial charge in [0.15, 0.2) is 0 Å². The van der Waals surface area contributed by atoms with Crippen LogP contribution in [0.3, 0.4) is 0 Å². The van der Waals surface area contributed by atoms with Crippen molar-refractivity contribution in [2.45, 2.75) is 39.8 Å². The molecule has 0 saturated heterocycles. The van der Waals surface area contributed by atoms with Crippen LogP contribution in [-0.2, 0) is 11.3 Å². The molecule has 0 fully saturated rings. The molecule has 4 rings (SSSR count). The number of aromatic nitrogens is 5. The molecule has 11 heteroatoms. The highest BCUT2D eigenvalue weighted by Crippen LogP contribution is 2.41. The maximum Gasteiger partial charge on any atom is 0.407 e. The Morgan fingerprint density at radius 1 is 1.35 bits per heavy atom. The highest BCUT2D eigenvalue weighted by atomic mass is 32.1. The van der Waals surface area contributed by atoms with E-state index in [1.807, 2.05) is 22.9 Å². The molecule has 0 aliphatic heterocycles. The van der Waals surface area contributed by atoms with E-state index >= 15 is 0 Å². The zero-order valence-electron chi connectivity index (χ0n) is 17.6. The molecule has 4 heterocycles. The summed E-state index contributed by atoms with van der Waals surface area (Å²) >= 11 is 1.54. The van der Waals surface area contributed by atoms with Crippen LogP contribution in [-0.4, -0.2) is 42.9 Å². The van der Waals surface area contributed by atoms with E-state index in [-0.39, 0.29) is 12.1 Å². The molecule has 31 heavy (non-hydrogen) atoms. The van der Waals surface area contributed by atoms with Crippen LogP contribution in [0.2, 0.25) is 0 Å². The maximum absolute atomic E-state index is 12.8. The van der Waals surface area contributed by atoms with Crippen molar-refractivity contribution in [3.8, 4) is 22.0 Å². The summed E-state index contributed by atoms with van der Waals surface area (Å²) < 4.78 is 12.1. The van der Waals surface area contributed by atoms with Crippen LogP contribution in [0.15, 0.2) is 33.5 Å². The van der Waals surface area contributed by atoms with Gasteiger partial charge in [-0.2, -0.15) is 4.98 Å². The lowest BCUT2D eigenvalue weighted by molar-refractivity contribution is 0.0526. The highest BCUT2D eigenvalue weighted by Gasteiger charge is 2.27. The number of rotatable bonds is 5. The number of fused-ring (bicyclic) bond motifs is 1. The summed E-state index contributed by atoms with van der Waals surface area (Å²) in [6, 6.07) is 2.00. The largest absolute Gasteiger partial charge is 0.444 e. The minimum Gasteiger partial charge on any atom is -0.444 e. The number of nitrogens with zero attached hydrogens (tertiary/aromatic N) is 4. The number of nitrogens with one attached hydrogen (secondary N) is 2. The number of thiophene rings is 1. The first-order valence-electron chi connectivity index (χ1n) is 9.64. The fourth-order valence-corrected chi connectivity index (χ4v) is 4.32. The van der Waals surface area contributed by atoms with Gasteiger partial charge in [-0.25, -0.2) is 9.78 Å². The lowest BCUT2D eigenvalue weighted by atomic mass is 10.1. The Kier molecular flexibility index (Phi) is 5.36. The van der Waals surface area contributed by atoms with E-state index in [4.69, 9.17) is 9.26 Å². The SMILES string of the molecule is Cc1ccsc1-c1c(-c2ncon2)c2nc[nH]c(=O)c2n1CCNC(=O)OC(C)(C)C. The Morgan fingerprint density at radius 2 is 2.16 bits per heavy atom. The summed E-state index contributed by atoms with van der Waals surface area (Å²) in [5.74, 6) is 0.338. The summed E-state index contributed by atoms with van der Waals surface area (Å²) in [4.78, 5) is 37.1. The summed E-state index contributed by atoms with van der Waals surface area (Å²) in [7, 11) is 0. The number of amides is 1. The maximum atomic E-state index is 12.8. The Balaban J connectivity index is 1.83. The van der Waals surface area contributed by atoms with Crippen LogP contribution >= 0.6 is 11.3 Å². The molecule has 0 saturated carbocycles. The first-order chi connectivity index (χ1) is 14.8. The molecule has 0 aliphatic rings. The zero-order valence-corrected chi connectivity index (χ0v) is 18.4. The van der Waals surface area contributed by atoms with Crippen LogP contribution in [0, 0.1) is 6.92 Å². The molecule has 162 valence electrons. The van der Waals surface area contributed by atoms with Crippen molar-refractivity contribution in [3.63, 3.8) is 0 Å². The minimum atomic E-state index is -0.601. The van der Waals surface area contributed by atoms with Gasteiger partial charge in [0.2, 0.25) is 12.2 Å². The third kappa shape index (κ3) is 4.08. The molecule has 0 unspecified atom stereocenters. The molecule has 4 aromatic heterocycles. The Bertz CT molecular complexity index is 1280. The van der Waals surface area contributed by atoms with Gasteiger partial charge in [0.1, 0.15) is 16.6 Å². The van der Waals surface area contributed by atoms with Crippen LogP contribution in [0.4, 0.5) is 4.79 Å². The van der Waals surface area contributed by atoms with Crippen molar-refractivity contribution in [2.24, 2.45) is 0 Å². The predicted octanol–water partition coefficient (Wildman–Crippen LogP) is 3.34. The van der Waals surface area contributed by atoms with Gasteiger partial charge in [-0.1, -0.05) is 5.16 Å². The van der Waals surface area contributed by atoms with Crippen LogP contribution in [0.5, 0.6) is 0 Å². The molecule has 0 aromatic carbocycles. The summed E-state index contributed by atoms with van der Waals surface area (Å²) in [5.41, 5.74) is 2.33. The highest BCUT2D eigenvalue weighted by molar-refractivity contribution is 7.13. The summed E-state index contributed by atoms with van der Waals surface area (Å²) in [6.07, 6.45) is 2.06. The van der Waals surface area contributed by atoms with Gasteiger partial charge >= 0.3 is 6.09 Å². The van der Waals surface area contributed by atoms with Gasteiger partial charge in [0.25, 0.3) is 5.56 Å². The first kappa shape index (κ1) is 20.8. The molecule has 1 amide bonds. The quantitative estimate of drug-likeness (QED) is 0.485. The van der Waals surface area contributed by atoms with Gasteiger partial charge in [0.05, 0.1) is 22.5 Å². The van der Waals surface area contributed by atoms with E-state index in [0.29, 0.717) is 29.0 Å². The molecule has 0 radical (unpaired) electrons. The van der Waals surface area contributed by atoms with E-state index in [0.717, 1.165) is 16.1 Å². The predicted molar refractivity (Wildman–Crippen MR) is 116 cm³/mol. The first-order valence-corrected chi connectivity index (χ1v) is 10.5. The molecule has 0 atom stereocenters. The molecule has 2 N–H and O–H groups in total. The monoisotopic (exact) mass is 442 g/mol. The van der Waals surface area contributed by atoms with Crippen molar-refractivity contribution in [3.05, 3.63) is 40.1 Å². The second kappa shape index (κ2) is 7.99. The normalized spacial score (nSPS) is 11.7. The van der Waals surface area contributed by atoms with E-state index in [1.165, 1.54) is 24.1 Å². The van der Waals surface area contributed by atoms with Crippen molar-refractivity contribution in [1.29, 1.82) is 0 Å². The Labute approximate surface area is 181 Å². The fourth-order valence-electron chi connectivity index (χ4n) is 3.34. The summed E-state index contributed by atoms with van der Waals surface area (Å²) in [6.45, 7) is 7.94. The van der Waals surface area contributed by atoms with E-state index < -0.39 is 11.7 Å². The van der Waals surface area contributed by atoms with Gasteiger partial charge < -0.3 is 24.1 Å². The van der Waals surface area contributed by atoms with Crippen molar-refractivity contribution in [1.82, 2.24) is 30.0 Å². The standard InChI is InChI=1S/C20H22N6O4S/c1-11-5-8-31-16(11)14-12(17-24-10-29-25-17)13-15(18(27)23-9-22-13)26(14)7-6-21-19(28)30-20(2,3)4/h5,8-10H,6-7H2,1-4H3,(H,21,28)(H,22,23,27). The van der Waals surface area contributed by atoms with Gasteiger partial charge in [-0.3, -0.25) is 4.79 Å². The molecule has 10 nitrogen and oxygen atoms in total. The number of carbonyl (C=O) groups is 1. The van der Waals surface area contributed by atoms with Crippen molar-refractivity contribution < 1.29 is 14.1 Å². The van der Waals surface area contributed by atoms with Crippen LogP contribution in [0.25, 0.3) is 33.0 Å². The number of alkyl carbamates (subject to hydrolysis) is 1. The molecular weight excluding hydrogens is 420 g/mol. The second-order valence-corrected chi connectivity index (χ2v) is 8.84.